The Bertz CT molecular complexity index is 1650. The Labute approximate surface area is 215 Å². The van der Waals surface area contributed by atoms with Crippen molar-refractivity contribution in [1.82, 2.24) is 19.9 Å². The average molecular weight is 499 g/mol. The van der Waals surface area contributed by atoms with Crippen LogP contribution in [0.25, 0.3) is 65.5 Å². The van der Waals surface area contributed by atoms with Crippen molar-refractivity contribution in [1.29, 1.82) is 0 Å². The predicted molar refractivity (Wildman–Crippen MR) is 150 cm³/mol. The second kappa shape index (κ2) is 8.75. The largest absolute Gasteiger partial charge is 0.245 e. The zero-order chi connectivity index (χ0) is 23.9. The smallest absolute Gasteiger partial charge is 0.141 e. The molecule has 0 saturated carbocycles. The summed E-state index contributed by atoms with van der Waals surface area (Å²) < 4.78 is 0. The summed E-state index contributed by atoms with van der Waals surface area (Å²) in [5, 5.41) is 10.4. The minimum atomic E-state index is 0.887. The molecule has 3 aromatic carbocycles. The van der Waals surface area contributed by atoms with E-state index in [0.29, 0.717) is 0 Å². The van der Waals surface area contributed by atoms with Crippen molar-refractivity contribution in [3.8, 4) is 43.9 Å². The number of aromatic nitrogens is 4. The molecule has 0 radical (unpaired) electrons. The monoisotopic (exact) mass is 498 g/mol. The number of fused-ring (bicyclic) bond motifs is 2. The molecule has 6 heteroatoms. The molecule has 0 bridgehead atoms. The van der Waals surface area contributed by atoms with Crippen molar-refractivity contribution in [3.05, 3.63) is 108 Å². The van der Waals surface area contributed by atoms with E-state index in [-0.39, 0.29) is 0 Å². The third-order valence-corrected chi connectivity index (χ3v) is 7.84. The molecule has 170 valence electrons. The number of hydrogen-bond donors (Lipinski definition) is 0. The van der Waals surface area contributed by atoms with E-state index in [2.05, 4.69) is 82.8 Å². The molecule has 4 aromatic heterocycles. The van der Waals surface area contributed by atoms with Crippen molar-refractivity contribution in [3.63, 3.8) is 0 Å². The van der Waals surface area contributed by atoms with Crippen LogP contribution in [0.1, 0.15) is 0 Å². The fourth-order valence-corrected chi connectivity index (χ4v) is 5.98. The lowest BCUT2D eigenvalue weighted by Gasteiger charge is -2.17. The lowest BCUT2D eigenvalue weighted by molar-refractivity contribution is 1.29. The first kappa shape index (κ1) is 21.1. The van der Waals surface area contributed by atoms with Crippen LogP contribution < -0.4 is 0 Å². The summed E-state index contributed by atoms with van der Waals surface area (Å²) in [6.07, 6.45) is 3.64. The van der Waals surface area contributed by atoms with Gasteiger partial charge in [0.05, 0.1) is 22.8 Å². The summed E-state index contributed by atoms with van der Waals surface area (Å²) in [5.74, 6) is 0. The summed E-state index contributed by atoms with van der Waals surface area (Å²) in [6.45, 7) is 0. The van der Waals surface area contributed by atoms with E-state index in [1.54, 1.807) is 22.7 Å². The number of benzene rings is 3. The van der Waals surface area contributed by atoms with Crippen molar-refractivity contribution < 1.29 is 0 Å². The second-order valence-electron chi connectivity index (χ2n) is 8.33. The van der Waals surface area contributed by atoms with E-state index in [0.717, 1.165) is 65.5 Å². The number of rotatable bonds is 4. The molecule has 4 nitrogen and oxygen atoms in total. The van der Waals surface area contributed by atoms with E-state index in [1.165, 1.54) is 0 Å². The zero-order valence-electron chi connectivity index (χ0n) is 19.0. The topological polar surface area (TPSA) is 51.6 Å². The lowest BCUT2D eigenvalue weighted by atomic mass is 9.88. The van der Waals surface area contributed by atoms with E-state index >= 15 is 0 Å². The summed E-state index contributed by atoms with van der Waals surface area (Å²) >= 11 is 3.20. The molecule has 0 aliphatic rings. The molecule has 0 aliphatic carbocycles. The maximum Gasteiger partial charge on any atom is 0.141 e. The Kier molecular flexibility index (Phi) is 5.12. The van der Waals surface area contributed by atoms with Crippen molar-refractivity contribution in [2.75, 3.05) is 0 Å². The van der Waals surface area contributed by atoms with Gasteiger partial charge < -0.3 is 0 Å². The van der Waals surface area contributed by atoms with Gasteiger partial charge in [-0.15, -0.1) is 22.7 Å². The van der Waals surface area contributed by atoms with E-state index in [1.807, 2.05) is 35.3 Å². The predicted octanol–water partition coefficient (Wildman–Crippen LogP) is 8.36. The Morgan fingerprint density at radius 2 is 0.806 bits per heavy atom. The quantitative estimate of drug-likeness (QED) is 0.229. The summed E-state index contributed by atoms with van der Waals surface area (Å²) in [5.41, 5.74) is 5.89. The third-order valence-electron chi connectivity index (χ3n) is 6.24. The van der Waals surface area contributed by atoms with Gasteiger partial charge in [0, 0.05) is 34.3 Å². The molecular formula is C30H18N4S2. The molecular weight excluding hydrogens is 480 g/mol. The van der Waals surface area contributed by atoms with Gasteiger partial charge in [-0.3, -0.25) is 0 Å². The zero-order valence-corrected chi connectivity index (χ0v) is 20.6. The van der Waals surface area contributed by atoms with Gasteiger partial charge in [0.25, 0.3) is 0 Å². The molecule has 0 unspecified atom stereocenters. The highest BCUT2D eigenvalue weighted by Gasteiger charge is 2.19. The highest BCUT2D eigenvalue weighted by Crippen LogP contribution is 2.43. The number of pyridine rings is 2. The van der Waals surface area contributed by atoms with Crippen LogP contribution in [0.5, 0.6) is 0 Å². The van der Waals surface area contributed by atoms with Gasteiger partial charge in [-0.25, -0.2) is 19.9 Å². The van der Waals surface area contributed by atoms with E-state index in [4.69, 9.17) is 9.97 Å². The van der Waals surface area contributed by atoms with E-state index < -0.39 is 0 Å². The first-order valence-electron chi connectivity index (χ1n) is 11.5. The van der Waals surface area contributed by atoms with Gasteiger partial charge in [0.1, 0.15) is 10.0 Å². The Hall–Kier alpha value is -4.26. The summed E-state index contributed by atoms with van der Waals surface area (Å²) in [7, 11) is 0. The Morgan fingerprint density at radius 1 is 0.417 bits per heavy atom. The molecule has 7 rings (SSSR count). The molecule has 0 N–H and O–H groups in total. The molecule has 0 spiro atoms. The fourth-order valence-electron chi connectivity index (χ4n) is 4.77. The van der Waals surface area contributed by atoms with Crippen LogP contribution in [0.15, 0.2) is 108 Å². The first-order chi connectivity index (χ1) is 17.9. The number of thiazole rings is 2. The average Bonchev–Trinajstić information content (AvgIpc) is 3.67. The minimum Gasteiger partial charge on any atom is -0.245 e. The van der Waals surface area contributed by atoms with Crippen LogP contribution in [0, 0.1) is 0 Å². The first-order valence-corrected chi connectivity index (χ1v) is 13.3. The van der Waals surface area contributed by atoms with Crippen LogP contribution in [0.3, 0.4) is 0 Å². The summed E-state index contributed by atoms with van der Waals surface area (Å²) in [6, 6.07) is 29.5. The van der Waals surface area contributed by atoms with Crippen LogP contribution >= 0.6 is 22.7 Å². The molecule has 0 fully saturated rings. The molecule has 0 saturated heterocycles. The standard InChI is InChI=1S/C30H18N4S2/c1-2-8-20-19(7-1)27(23-11-5-13-25(33-23)29-31-15-17-35-29)21-9-3-4-10-22(21)28(20)24-12-6-14-26(34-24)30-32-16-18-36-30/h1-18H. The van der Waals surface area contributed by atoms with E-state index in [9.17, 15) is 0 Å². The highest BCUT2D eigenvalue weighted by atomic mass is 32.1. The summed E-state index contributed by atoms with van der Waals surface area (Å²) in [4.78, 5) is 19.1. The Morgan fingerprint density at radius 3 is 1.17 bits per heavy atom. The number of nitrogens with zero attached hydrogens (tertiary/aromatic N) is 4. The SMILES string of the molecule is c1cc(-c2nccs2)nc(-c2c3ccccc3c(-c3cccc(-c4nccs4)n3)c3ccccc23)c1. The van der Waals surface area contributed by atoms with Crippen LogP contribution in [0.2, 0.25) is 0 Å². The van der Waals surface area contributed by atoms with Crippen LogP contribution in [0.4, 0.5) is 0 Å². The van der Waals surface area contributed by atoms with Crippen LogP contribution in [-0.4, -0.2) is 19.9 Å². The molecule has 0 aliphatic heterocycles. The maximum absolute atomic E-state index is 5.06. The lowest BCUT2D eigenvalue weighted by Crippen LogP contribution is -1.95. The van der Waals surface area contributed by atoms with Gasteiger partial charge in [-0.05, 0) is 45.8 Å². The fraction of sp³-hybridized carbons (Fsp3) is 0. The molecule has 0 amide bonds. The highest BCUT2D eigenvalue weighted by molar-refractivity contribution is 7.13. The van der Waals surface area contributed by atoms with Gasteiger partial charge in [0.15, 0.2) is 0 Å². The van der Waals surface area contributed by atoms with Crippen molar-refractivity contribution in [2.24, 2.45) is 0 Å². The normalized spacial score (nSPS) is 11.3. The molecule has 7 aromatic rings. The second-order valence-corrected chi connectivity index (χ2v) is 10.1. The molecule has 0 atom stereocenters. The number of hydrogen-bond acceptors (Lipinski definition) is 6. The molecule has 4 heterocycles. The Balaban J connectivity index is 1.54. The van der Waals surface area contributed by atoms with Gasteiger partial charge in [0.2, 0.25) is 0 Å². The van der Waals surface area contributed by atoms with Crippen molar-refractivity contribution in [2.45, 2.75) is 0 Å². The third kappa shape index (κ3) is 3.50. The van der Waals surface area contributed by atoms with Gasteiger partial charge in [-0.2, -0.15) is 0 Å². The van der Waals surface area contributed by atoms with Crippen molar-refractivity contribution >= 4 is 44.2 Å². The van der Waals surface area contributed by atoms with Gasteiger partial charge >= 0.3 is 0 Å². The molecule has 36 heavy (non-hydrogen) atoms. The maximum atomic E-state index is 5.06. The van der Waals surface area contributed by atoms with Crippen LogP contribution in [-0.2, 0) is 0 Å². The van der Waals surface area contributed by atoms with Gasteiger partial charge in [-0.1, -0.05) is 60.7 Å². The minimum absolute atomic E-state index is 0.887.